The standard InChI is InChI=1S/C33H49NO2/c1-20(2)29-28(30(35)23-12-14-24(15-13-23)32(8,9)10)21(3)27-25(34-29)18-33(16-11-17-33)19-26(27)36-22(4)31(5,6)7/h12-15,20,22,26,30,35H,11,16-19H2,1-10H3/t22?,26?,30-/m1/s1. The molecular weight excluding hydrogens is 442 g/mol. The molecule has 3 heteroatoms. The molecule has 4 rings (SSSR count). The Hall–Kier alpha value is -1.71. The predicted octanol–water partition coefficient (Wildman–Crippen LogP) is 8.50. The second-order valence-corrected chi connectivity index (χ2v) is 14.2. The lowest BCUT2D eigenvalue weighted by Crippen LogP contribution is -2.41. The van der Waals surface area contributed by atoms with Gasteiger partial charge in [-0.15, -0.1) is 0 Å². The molecule has 1 N–H and O–H groups in total. The average molecular weight is 492 g/mol. The van der Waals surface area contributed by atoms with Crippen molar-refractivity contribution in [2.45, 2.75) is 131 Å². The molecule has 1 aromatic carbocycles. The van der Waals surface area contributed by atoms with Crippen molar-refractivity contribution in [3.63, 3.8) is 0 Å². The first kappa shape index (κ1) is 27.3. The van der Waals surface area contributed by atoms with Gasteiger partial charge < -0.3 is 9.84 Å². The lowest BCUT2D eigenvalue weighted by atomic mass is 9.59. The number of aliphatic hydroxyl groups excluding tert-OH is 1. The van der Waals surface area contributed by atoms with Gasteiger partial charge in [-0.1, -0.05) is 86.1 Å². The maximum atomic E-state index is 11.8. The van der Waals surface area contributed by atoms with E-state index in [0.717, 1.165) is 29.7 Å². The monoisotopic (exact) mass is 491 g/mol. The number of pyridine rings is 1. The van der Waals surface area contributed by atoms with E-state index in [4.69, 9.17) is 9.72 Å². The molecule has 1 fully saturated rings. The Labute approximate surface area is 220 Å². The molecule has 198 valence electrons. The van der Waals surface area contributed by atoms with Gasteiger partial charge in [0, 0.05) is 22.5 Å². The number of fused-ring (bicyclic) bond motifs is 1. The zero-order valence-corrected chi connectivity index (χ0v) is 24.5. The quantitative estimate of drug-likeness (QED) is 0.456. The van der Waals surface area contributed by atoms with Crippen LogP contribution < -0.4 is 0 Å². The van der Waals surface area contributed by atoms with Gasteiger partial charge in [0.1, 0.15) is 6.10 Å². The van der Waals surface area contributed by atoms with Crippen molar-refractivity contribution in [3.8, 4) is 0 Å². The van der Waals surface area contributed by atoms with Gasteiger partial charge in [0.05, 0.1) is 12.2 Å². The smallest absolute Gasteiger partial charge is 0.106 e. The average Bonchev–Trinajstić information content (AvgIpc) is 2.75. The molecule has 2 aliphatic rings. The van der Waals surface area contributed by atoms with Crippen LogP contribution >= 0.6 is 0 Å². The molecule has 1 spiro atoms. The lowest BCUT2D eigenvalue weighted by Gasteiger charge is -2.49. The summed E-state index contributed by atoms with van der Waals surface area (Å²) in [5.74, 6) is 0.236. The van der Waals surface area contributed by atoms with E-state index in [1.807, 2.05) is 0 Å². The van der Waals surface area contributed by atoms with E-state index in [2.05, 4.69) is 93.5 Å². The van der Waals surface area contributed by atoms with Crippen molar-refractivity contribution >= 4 is 0 Å². The fraction of sp³-hybridized carbons (Fsp3) is 0.667. The predicted molar refractivity (Wildman–Crippen MR) is 150 cm³/mol. The Morgan fingerprint density at radius 3 is 2.08 bits per heavy atom. The van der Waals surface area contributed by atoms with E-state index in [1.54, 1.807) is 0 Å². The normalized spacial score (nSPS) is 21.3. The van der Waals surface area contributed by atoms with Gasteiger partial charge >= 0.3 is 0 Å². The van der Waals surface area contributed by atoms with Crippen LogP contribution in [-0.2, 0) is 16.6 Å². The van der Waals surface area contributed by atoms with E-state index < -0.39 is 6.10 Å². The van der Waals surface area contributed by atoms with Crippen LogP contribution in [0.5, 0.6) is 0 Å². The number of hydrogen-bond donors (Lipinski definition) is 1. The highest BCUT2D eigenvalue weighted by atomic mass is 16.5. The molecule has 2 aliphatic carbocycles. The SMILES string of the molecule is Cc1c2c(nc(C(C)C)c1[C@H](O)c1ccc(C(C)(C)C)cc1)CC1(CCC1)CC2OC(C)C(C)(C)C. The minimum Gasteiger partial charge on any atom is -0.384 e. The maximum absolute atomic E-state index is 11.8. The van der Waals surface area contributed by atoms with Crippen LogP contribution in [0, 0.1) is 17.8 Å². The van der Waals surface area contributed by atoms with Gasteiger partial charge in [-0.3, -0.25) is 4.98 Å². The molecule has 0 bridgehead atoms. The molecular formula is C33H49NO2. The summed E-state index contributed by atoms with van der Waals surface area (Å²) in [5, 5.41) is 11.8. The Bertz CT molecular complexity index is 1080. The molecule has 0 amide bonds. The molecule has 0 radical (unpaired) electrons. The topological polar surface area (TPSA) is 42.4 Å². The van der Waals surface area contributed by atoms with Crippen LogP contribution in [0.25, 0.3) is 0 Å². The molecule has 0 aliphatic heterocycles. The number of benzene rings is 1. The van der Waals surface area contributed by atoms with Gasteiger partial charge in [0.25, 0.3) is 0 Å². The number of nitrogens with zero attached hydrogens (tertiary/aromatic N) is 1. The molecule has 1 aromatic heterocycles. The molecule has 36 heavy (non-hydrogen) atoms. The summed E-state index contributed by atoms with van der Waals surface area (Å²) in [6.45, 7) is 22.2. The highest BCUT2D eigenvalue weighted by Crippen LogP contribution is 2.56. The Morgan fingerprint density at radius 2 is 1.61 bits per heavy atom. The van der Waals surface area contributed by atoms with Crippen LogP contribution in [-0.4, -0.2) is 16.2 Å². The van der Waals surface area contributed by atoms with Crippen LogP contribution in [0.15, 0.2) is 24.3 Å². The fourth-order valence-electron chi connectivity index (χ4n) is 6.05. The third-order valence-electron chi connectivity index (χ3n) is 9.05. The van der Waals surface area contributed by atoms with E-state index in [-0.39, 0.29) is 29.0 Å². The summed E-state index contributed by atoms with van der Waals surface area (Å²) in [6.07, 6.45) is 5.45. The Kier molecular flexibility index (Phi) is 7.25. The lowest BCUT2D eigenvalue weighted by molar-refractivity contribution is -0.0930. The second kappa shape index (κ2) is 9.55. The number of aromatic nitrogens is 1. The molecule has 2 aromatic rings. The van der Waals surface area contributed by atoms with Gasteiger partial charge in [-0.25, -0.2) is 0 Å². The third-order valence-corrected chi connectivity index (χ3v) is 9.05. The van der Waals surface area contributed by atoms with Crippen LogP contribution in [0.4, 0.5) is 0 Å². The molecule has 1 heterocycles. The van der Waals surface area contributed by atoms with Crippen LogP contribution in [0.3, 0.4) is 0 Å². The minimum atomic E-state index is -0.700. The first-order valence-corrected chi connectivity index (χ1v) is 14.1. The number of rotatable bonds is 5. The van der Waals surface area contributed by atoms with E-state index in [9.17, 15) is 5.11 Å². The van der Waals surface area contributed by atoms with Crippen LogP contribution in [0.2, 0.25) is 0 Å². The number of hydrogen-bond acceptors (Lipinski definition) is 3. The summed E-state index contributed by atoms with van der Waals surface area (Å²) in [7, 11) is 0. The largest absolute Gasteiger partial charge is 0.384 e. The number of ether oxygens (including phenoxy) is 1. The van der Waals surface area contributed by atoms with Crippen molar-refractivity contribution in [1.29, 1.82) is 0 Å². The first-order valence-electron chi connectivity index (χ1n) is 14.1. The molecule has 1 saturated carbocycles. The van der Waals surface area contributed by atoms with Crippen molar-refractivity contribution in [2.75, 3.05) is 0 Å². The number of aliphatic hydroxyl groups is 1. The Morgan fingerprint density at radius 1 is 1.00 bits per heavy atom. The van der Waals surface area contributed by atoms with Crippen molar-refractivity contribution in [3.05, 3.63) is 63.5 Å². The molecule has 2 unspecified atom stereocenters. The summed E-state index contributed by atoms with van der Waals surface area (Å²) in [6, 6.07) is 8.50. The minimum absolute atomic E-state index is 0.0335. The summed E-state index contributed by atoms with van der Waals surface area (Å²) >= 11 is 0. The van der Waals surface area contributed by atoms with Gasteiger partial charge in [-0.05, 0) is 78.4 Å². The summed E-state index contributed by atoms with van der Waals surface area (Å²) in [5.41, 5.74) is 8.36. The second-order valence-electron chi connectivity index (χ2n) is 14.2. The zero-order chi connectivity index (χ0) is 26.6. The molecule has 0 saturated heterocycles. The van der Waals surface area contributed by atoms with E-state index in [1.165, 1.54) is 41.6 Å². The molecule has 3 nitrogen and oxygen atoms in total. The highest BCUT2D eigenvalue weighted by Gasteiger charge is 2.46. The van der Waals surface area contributed by atoms with Crippen molar-refractivity contribution < 1.29 is 9.84 Å². The van der Waals surface area contributed by atoms with Crippen molar-refractivity contribution in [2.24, 2.45) is 10.8 Å². The highest BCUT2D eigenvalue weighted by molar-refractivity contribution is 5.48. The summed E-state index contributed by atoms with van der Waals surface area (Å²) < 4.78 is 6.87. The fourth-order valence-corrected chi connectivity index (χ4v) is 6.05. The van der Waals surface area contributed by atoms with Gasteiger partial charge in [0.15, 0.2) is 0 Å². The maximum Gasteiger partial charge on any atom is 0.106 e. The van der Waals surface area contributed by atoms with Gasteiger partial charge in [0.2, 0.25) is 0 Å². The third kappa shape index (κ3) is 5.16. The van der Waals surface area contributed by atoms with E-state index >= 15 is 0 Å². The zero-order valence-electron chi connectivity index (χ0n) is 24.5. The Balaban J connectivity index is 1.82. The summed E-state index contributed by atoms with van der Waals surface area (Å²) in [4.78, 5) is 5.33. The van der Waals surface area contributed by atoms with E-state index in [0.29, 0.717) is 5.41 Å². The van der Waals surface area contributed by atoms with Crippen LogP contribution in [0.1, 0.15) is 145 Å². The molecule has 3 atom stereocenters. The van der Waals surface area contributed by atoms with Gasteiger partial charge in [-0.2, -0.15) is 0 Å². The van der Waals surface area contributed by atoms with Crippen molar-refractivity contribution in [1.82, 2.24) is 4.98 Å². The first-order chi connectivity index (χ1) is 16.6.